The summed E-state index contributed by atoms with van der Waals surface area (Å²) in [5.74, 6) is -0.0303. The van der Waals surface area contributed by atoms with Crippen LogP contribution in [0, 0.1) is 0 Å². The topological polar surface area (TPSA) is 108 Å². The molecule has 0 aliphatic carbocycles. The fourth-order valence-corrected chi connectivity index (χ4v) is 8.26. The zero-order valence-electron chi connectivity index (χ0n) is 41.1. The van der Waals surface area contributed by atoms with Gasteiger partial charge in [-0.1, -0.05) is 135 Å². The number of ether oxygens (including phenoxy) is 4. The van der Waals surface area contributed by atoms with E-state index in [-0.39, 0.29) is 5.97 Å². The van der Waals surface area contributed by atoms with Gasteiger partial charge < -0.3 is 23.8 Å². The van der Waals surface area contributed by atoms with Crippen molar-refractivity contribution in [3.05, 3.63) is 293 Å². The highest BCUT2D eigenvalue weighted by Crippen LogP contribution is 2.36. The molecule has 0 radical (unpaired) electrons. The number of esters is 4. The van der Waals surface area contributed by atoms with E-state index in [9.17, 15) is 19.2 Å². The zero-order chi connectivity index (χ0) is 51.9. The van der Waals surface area contributed by atoms with Gasteiger partial charge >= 0.3 is 23.9 Å². The molecule has 0 amide bonds. The Morgan fingerprint density at radius 1 is 0.400 bits per heavy atom. The monoisotopic (exact) mass is 985 g/mol. The Morgan fingerprint density at radius 2 is 0.747 bits per heavy atom. The third-order valence-electron chi connectivity index (χ3n) is 12.2. The Hall–Kier alpha value is -9.86. The van der Waals surface area contributed by atoms with Crippen LogP contribution in [0.5, 0.6) is 23.0 Å². The lowest BCUT2D eigenvalue weighted by Gasteiger charge is -2.26. The first-order valence-corrected chi connectivity index (χ1v) is 24.4. The minimum atomic E-state index is -0.516. The Morgan fingerprint density at radius 3 is 1.11 bits per heavy atom. The van der Waals surface area contributed by atoms with E-state index in [4.69, 9.17) is 18.9 Å². The molecule has 9 aromatic rings. The lowest BCUT2D eigenvalue weighted by atomic mass is 9.95. The van der Waals surface area contributed by atoms with E-state index in [2.05, 4.69) is 54.0 Å². The zero-order valence-corrected chi connectivity index (χ0v) is 41.1. The Kier molecular flexibility index (Phi) is 16.1. The summed E-state index contributed by atoms with van der Waals surface area (Å²) in [5, 5.41) is 0. The van der Waals surface area contributed by atoms with Crippen LogP contribution in [0.3, 0.4) is 0 Å². The number of benzene rings is 9. The van der Waals surface area contributed by atoms with Gasteiger partial charge in [-0.15, -0.1) is 0 Å². The number of rotatable bonds is 18. The minimum absolute atomic E-state index is 0.281. The van der Waals surface area contributed by atoms with Crippen LogP contribution in [0.1, 0.15) is 73.0 Å². The van der Waals surface area contributed by atoms with Gasteiger partial charge in [-0.3, -0.25) is 4.79 Å². The largest absolute Gasteiger partial charge is 0.427 e. The quantitative estimate of drug-likeness (QED) is 0.0359. The first kappa shape index (κ1) is 50.1. The molecule has 9 nitrogen and oxygen atoms in total. The summed E-state index contributed by atoms with van der Waals surface area (Å²) in [6.07, 6.45) is 4.89. The van der Waals surface area contributed by atoms with Gasteiger partial charge in [-0.05, 0) is 173 Å². The molecular formula is C66H51NO8. The van der Waals surface area contributed by atoms with Gasteiger partial charge in [0.15, 0.2) is 0 Å². The molecule has 0 bridgehead atoms. The molecule has 0 spiro atoms. The van der Waals surface area contributed by atoms with Crippen LogP contribution < -0.4 is 23.8 Å². The molecule has 75 heavy (non-hydrogen) atoms. The smallest absolute Gasteiger partial charge is 0.343 e. The third-order valence-corrected chi connectivity index (χ3v) is 12.2. The SMILES string of the molecule is C=CC(=O)Oc1ccc(Cc2ccc(OC(=O)c3ccc(N(c4ccc(C=C(c5ccccc5)c5ccccc5)cc4)c4ccc(C(=O)Oc5ccc(Cc6ccc(OC(=O)CC)cc6)cc5)cc4)cc3)cc2)cc1. The molecule has 0 fully saturated rings. The summed E-state index contributed by atoms with van der Waals surface area (Å²) in [6.45, 7) is 5.18. The third kappa shape index (κ3) is 13.4. The van der Waals surface area contributed by atoms with E-state index < -0.39 is 17.9 Å². The van der Waals surface area contributed by atoms with Crippen LogP contribution >= 0.6 is 0 Å². The van der Waals surface area contributed by atoms with Crippen LogP contribution in [0.4, 0.5) is 17.1 Å². The van der Waals surface area contributed by atoms with E-state index in [0.717, 1.165) is 67.7 Å². The van der Waals surface area contributed by atoms with Crippen LogP contribution in [0.15, 0.2) is 243 Å². The number of carbonyl (C=O) groups excluding carboxylic acids is 4. The van der Waals surface area contributed by atoms with Crippen molar-refractivity contribution >= 4 is 52.6 Å². The first-order valence-electron chi connectivity index (χ1n) is 24.4. The van der Waals surface area contributed by atoms with Crippen molar-refractivity contribution in [1.29, 1.82) is 0 Å². The van der Waals surface area contributed by atoms with Crippen molar-refractivity contribution in [2.45, 2.75) is 26.2 Å². The lowest BCUT2D eigenvalue weighted by molar-refractivity contribution is -0.134. The number of nitrogens with zero attached hydrogens (tertiary/aromatic N) is 1. The lowest BCUT2D eigenvalue weighted by Crippen LogP contribution is -2.13. The summed E-state index contributed by atoms with van der Waals surface area (Å²) in [4.78, 5) is 52.2. The van der Waals surface area contributed by atoms with E-state index >= 15 is 0 Å². The molecule has 0 heterocycles. The predicted octanol–water partition coefficient (Wildman–Crippen LogP) is 14.8. The van der Waals surface area contributed by atoms with Gasteiger partial charge in [-0.2, -0.15) is 0 Å². The highest BCUT2D eigenvalue weighted by Gasteiger charge is 2.18. The molecule has 0 atom stereocenters. The summed E-state index contributed by atoms with van der Waals surface area (Å²) in [5.41, 5.74) is 11.5. The standard InChI is InChI=1S/C66H51NO8/c1-3-63(68)72-58-35-17-46(18-36-58)43-48-21-39-60(40-22-48)74-65(70)53-25-31-56(32-26-53)67(55-29-15-50(16-30-55)45-62(51-11-7-5-8-12-51)52-13-9-6-10-14-52)57-33-27-54(28-34-57)66(71)75-61-41-23-49(24-42-61)44-47-19-37-59(38-20-47)73-64(69)4-2/h3,5-42,45H,1,4,43-44H2,2H3. The maximum Gasteiger partial charge on any atom is 0.343 e. The van der Waals surface area contributed by atoms with Crippen molar-refractivity contribution in [3.63, 3.8) is 0 Å². The van der Waals surface area contributed by atoms with E-state index in [1.54, 1.807) is 79.7 Å². The Bertz CT molecular complexity index is 3390. The van der Waals surface area contributed by atoms with Crippen LogP contribution in [-0.4, -0.2) is 23.9 Å². The van der Waals surface area contributed by atoms with Crippen LogP contribution in [0.2, 0.25) is 0 Å². The number of anilines is 3. The molecule has 0 unspecified atom stereocenters. The summed E-state index contributed by atoms with van der Waals surface area (Å²) in [7, 11) is 0. The van der Waals surface area contributed by atoms with E-state index in [1.807, 2.05) is 121 Å². The molecule has 0 saturated carbocycles. The van der Waals surface area contributed by atoms with E-state index in [1.165, 1.54) is 0 Å². The summed E-state index contributed by atoms with van der Waals surface area (Å²) in [6, 6.07) is 72.6. The van der Waals surface area contributed by atoms with Crippen molar-refractivity contribution in [2.75, 3.05) is 4.90 Å². The van der Waals surface area contributed by atoms with Crippen LogP contribution in [0.25, 0.3) is 11.6 Å². The minimum Gasteiger partial charge on any atom is -0.427 e. The van der Waals surface area contributed by atoms with Gasteiger partial charge in [0.05, 0.1) is 11.1 Å². The molecule has 0 aliphatic heterocycles. The van der Waals surface area contributed by atoms with E-state index in [0.29, 0.717) is 53.4 Å². The predicted molar refractivity (Wildman–Crippen MR) is 294 cm³/mol. The van der Waals surface area contributed by atoms with Crippen molar-refractivity contribution in [1.82, 2.24) is 0 Å². The second-order valence-corrected chi connectivity index (χ2v) is 17.5. The average molecular weight is 986 g/mol. The maximum absolute atomic E-state index is 13.5. The summed E-state index contributed by atoms with van der Waals surface area (Å²) >= 11 is 0. The second kappa shape index (κ2) is 24.0. The number of hydrogen-bond acceptors (Lipinski definition) is 9. The fraction of sp³-hybridized carbons (Fsp3) is 0.0606. The van der Waals surface area contributed by atoms with Crippen molar-refractivity contribution < 1.29 is 38.1 Å². The molecule has 9 rings (SSSR count). The molecule has 0 N–H and O–H groups in total. The van der Waals surface area contributed by atoms with Gasteiger partial charge in [0, 0.05) is 29.6 Å². The molecule has 0 saturated heterocycles. The van der Waals surface area contributed by atoms with Crippen molar-refractivity contribution in [2.24, 2.45) is 0 Å². The average Bonchev–Trinajstić information content (AvgIpc) is 3.45. The molecule has 9 heteroatoms. The molecular weight excluding hydrogens is 935 g/mol. The molecule has 0 aliphatic rings. The van der Waals surface area contributed by atoms with Crippen molar-refractivity contribution in [3.8, 4) is 23.0 Å². The second-order valence-electron chi connectivity index (χ2n) is 17.5. The fourth-order valence-electron chi connectivity index (χ4n) is 8.26. The first-order chi connectivity index (χ1) is 36.7. The Labute approximate surface area is 436 Å². The highest BCUT2D eigenvalue weighted by atomic mass is 16.5. The van der Waals surface area contributed by atoms with Crippen LogP contribution in [-0.2, 0) is 22.4 Å². The highest BCUT2D eigenvalue weighted by molar-refractivity contribution is 5.94. The molecule has 0 aromatic heterocycles. The number of carbonyl (C=O) groups is 4. The Balaban J connectivity index is 0.913. The maximum atomic E-state index is 13.5. The summed E-state index contributed by atoms with van der Waals surface area (Å²) < 4.78 is 22.1. The number of hydrogen-bond donors (Lipinski definition) is 0. The van der Waals surface area contributed by atoms with Gasteiger partial charge in [0.1, 0.15) is 23.0 Å². The van der Waals surface area contributed by atoms with Gasteiger partial charge in [-0.25, -0.2) is 14.4 Å². The molecule has 9 aromatic carbocycles. The van der Waals surface area contributed by atoms with Gasteiger partial charge in [0.2, 0.25) is 0 Å². The molecule has 368 valence electrons. The van der Waals surface area contributed by atoms with Gasteiger partial charge in [0.25, 0.3) is 0 Å². The normalized spacial score (nSPS) is 10.6.